The SMILES string of the molecule is Cc1cccn(CC(=O)NC(C)C)c1=O. The lowest BCUT2D eigenvalue weighted by molar-refractivity contribution is -0.122. The van der Waals surface area contributed by atoms with Gasteiger partial charge in [-0.1, -0.05) is 6.07 Å². The third kappa shape index (κ3) is 3.23. The number of aromatic nitrogens is 1. The Labute approximate surface area is 88.9 Å². The van der Waals surface area contributed by atoms with Gasteiger partial charge in [0.1, 0.15) is 6.54 Å². The highest BCUT2D eigenvalue weighted by Crippen LogP contribution is 1.89. The minimum atomic E-state index is -0.141. The smallest absolute Gasteiger partial charge is 0.253 e. The molecule has 1 amide bonds. The molecule has 0 saturated carbocycles. The summed E-state index contributed by atoms with van der Waals surface area (Å²) in [5, 5.41) is 2.74. The molecule has 0 bridgehead atoms. The molecule has 0 aliphatic rings. The van der Waals surface area contributed by atoms with Crippen LogP contribution in [0, 0.1) is 6.92 Å². The molecule has 0 atom stereocenters. The van der Waals surface area contributed by atoms with Gasteiger partial charge in [-0.05, 0) is 26.8 Å². The van der Waals surface area contributed by atoms with Crippen LogP contribution in [-0.2, 0) is 11.3 Å². The molecule has 0 aromatic carbocycles. The van der Waals surface area contributed by atoms with E-state index in [2.05, 4.69) is 5.32 Å². The topological polar surface area (TPSA) is 51.1 Å². The predicted molar refractivity (Wildman–Crippen MR) is 58.7 cm³/mol. The Balaban J connectivity index is 2.77. The maximum atomic E-state index is 11.6. The number of nitrogens with zero attached hydrogens (tertiary/aromatic N) is 1. The van der Waals surface area contributed by atoms with Crippen molar-refractivity contribution < 1.29 is 4.79 Å². The van der Waals surface area contributed by atoms with Crippen LogP contribution >= 0.6 is 0 Å². The summed E-state index contributed by atoms with van der Waals surface area (Å²) in [6, 6.07) is 3.59. The first-order chi connectivity index (χ1) is 7.00. The highest BCUT2D eigenvalue weighted by atomic mass is 16.2. The Kier molecular flexibility index (Phi) is 3.66. The van der Waals surface area contributed by atoms with Gasteiger partial charge in [-0.3, -0.25) is 9.59 Å². The average molecular weight is 208 g/mol. The quantitative estimate of drug-likeness (QED) is 0.794. The molecule has 1 N–H and O–H groups in total. The number of amides is 1. The molecular weight excluding hydrogens is 192 g/mol. The first-order valence-corrected chi connectivity index (χ1v) is 4.96. The van der Waals surface area contributed by atoms with E-state index in [1.54, 1.807) is 25.3 Å². The molecule has 4 heteroatoms. The Bertz CT molecular complexity index is 407. The summed E-state index contributed by atoms with van der Waals surface area (Å²) in [5.41, 5.74) is 0.534. The average Bonchev–Trinajstić information content (AvgIpc) is 2.11. The predicted octanol–water partition coefficient (Wildman–Crippen LogP) is 0.681. The number of pyridine rings is 1. The van der Waals surface area contributed by atoms with Gasteiger partial charge < -0.3 is 9.88 Å². The maximum Gasteiger partial charge on any atom is 0.253 e. The number of hydrogen-bond donors (Lipinski definition) is 1. The van der Waals surface area contributed by atoms with E-state index in [9.17, 15) is 9.59 Å². The van der Waals surface area contributed by atoms with Crippen molar-refractivity contribution in [2.45, 2.75) is 33.4 Å². The van der Waals surface area contributed by atoms with E-state index in [1.165, 1.54) is 4.57 Å². The summed E-state index contributed by atoms with van der Waals surface area (Å²) in [6.07, 6.45) is 1.62. The van der Waals surface area contributed by atoms with Gasteiger partial charge >= 0.3 is 0 Å². The fraction of sp³-hybridized carbons (Fsp3) is 0.455. The van der Waals surface area contributed by atoms with E-state index < -0.39 is 0 Å². The number of aryl methyl sites for hydroxylation is 1. The number of nitrogens with one attached hydrogen (secondary N) is 1. The van der Waals surface area contributed by atoms with Crippen LogP contribution in [0.25, 0.3) is 0 Å². The van der Waals surface area contributed by atoms with Gasteiger partial charge in [0.25, 0.3) is 5.56 Å². The second-order valence-corrected chi connectivity index (χ2v) is 3.85. The molecule has 0 aliphatic carbocycles. The second-order valence-electron chi connectivity index (χ2n) is 3.85. The molecule has 0 aliphatic heterocycles. The lowest BCUT2D eigenvalue weighted by Gasteiger charge is -2.09. The number of hydrogen-bond acceptors (Lipinski definition) is 2. The van der Waals surface area contributed by atoms with E-state index in [1.807, 2.05) is 13.8 Å². The molecule has 82 valence electrons. The van der Waals surface area contributed by atoms with Crippen LogP contribution in [0.3, 0.4) is 0 Å². The van der Waals surface area contributed by atoms with Crippen molar-refractivity contribution in [3.63, 3.8) is 0 Å². The molecule has 1 aromatic heterocycles. The number of carbonyl (C=O) groups is 1. The summed E-state index contributed by atoms with van der Waals surface area (Å²) >= 11 is 0. The van der Waals surface area contributed by atoms with Crippen LogP contribution in [0.5, 0.6) is 0 Å². The van der Waals surface area contributed by atoms with Crippen molar-refractivity contribution in [1.82, 2.24) is 9.88 Å². The molecule has 0 spiro atoms. The van der Waals surface area contributed by atoms with Crippen LogP contribution in [0.2, 0.25) is 0 Å². The van der Waals surface area contributed by atoms with E-state index in [4.69, 9.17) is 0 Å². The van der Waals surface area contributed by atoms with Crippen LogP contribution in [0.1, 0.15) is 19.4 Å². The van der Waals surface area contributed by atoms with Gasteiger partial charge in [-0.15, -0.1) is 0 Å². The Hall–Kier alpha value is -1.58. The van der Waals surface area contributed by atoms with Crippen molar-refractivity contribution in [2.75, 3.05) is 0 Å². The molecule has 0 radical (unpaired) electrons. The van der Waals surface area contributed by atoms with Crippen LogP contribution in [-0.4, -0.2) is 16.5 Å². The number of carbonyl (C=O) groups excluding carboxylic acids is 1. The molecule has 0 fully saturated rings. The van der Waals surface area contributed by atoms with Crippen molar-refractivity contribution in [3.05, 3.63) is 34.2 Å². The third-order valence-electron chi connectivity index (χ3n) is 1.97. The van der Waals surface area contributed by atoms with Crippen molar-refractivity contribution in [2.24, 2.45) is 0 Å². The number of rotatable bonds is 3. The van der Waals surface area contributed by atoms with Gasteiger partial charge in [-0.25, -0.2) is 0 Å². The summed E-state index contributed by atoms with van der Waals surface area (Å²) in [5.74, 6) is -0.141. The molecule has 0 saturated heterocycles. The summed E-state index contributed by atoms with van der Waals surface area (Å²) in [6.45, 7) is 5.59. The Morgan fingerprint density at radius 2 is 2.20 bits per heavy atom. The van der Waals surface area contributed by atoms with Crippen LogP contribution < -0.4 is 10.9 Å². The van der Waals surface area contributed by atoms with Gasteiger partial charge in [0.05, 0.1) is 0 Å². The fourth-order valence-electron chi connectivity index (χ4n) is 1.30. The first kappa shape index (κ1) is 11.5. The second kappa shape index (κ2) is 4.77. The zero-order chi connectivity index (χ0) is 11.4. The van der Waals surface area contributed by atoms with E-state index in [0.717, 1.165) is 0 Å². The van der Waals surface area contributed by atoms with Gasteiger partial charge in [0.15, 0.2) is 0 Å². The minimum Gasteiger partial charge on any atom is -0.352 e. The fourth-order valence-corrected chi connectivity index (χ4v) is 1.30. The van der Waals surface area contributed by atoms with Gasteiger partial charge in [0, 0.05) is 17.8 Å². The highest BCUT2D eigenvalue weighted by molar-refractivity contribution is 5.75. The zero-order valence-corrected chi connectivity index (χ0v) is 9.28. The van der Waals surface area contributed by atoms with Crippen molar-refractivity contribution >= 4 is 5.91 Å². The third-order valence-corrected chi connectivity index (χ3v) is 1.97. The van der Waals surface area contributed by atoms with Crippen LogP contribution in [0.15, 0.2) is 23.1 Å². The zero-order valence-electron chi connectivity index (χ0n) is 9.28. The van der Waals surface area contributed by atoms with E-state index in [-0.39, 0.29) is 24.1 Å². The monoisotopic (exact) mass is 208 g/mol. The van der Waals surface area contributed by atoms with E-state index in [0.29, 0.717) is 5.56 Å². The Morgan fingerprint density at radius 1 is 1.53 bits per heavy atom. The maximum absolute atomic E-state index is 11.6. The van der Waals surface area contributed by atoms with Gasteiger partial charge in [0.2, 0.25) is 5.91 Å². The Morgan fingerprint density at radius 3 is 2.80 bits per heavy atom. The summed E-state index contributed by atoms with van der Waals surface area (Å²) in [7, 11) is 0. The molecule has 1 aromatic rings. The van der Waals surface area contributed by atoms with E-state index >= 15 is 0 Å². The van der Waals surface area contributed by atoms with Crippen molar-refractivity contribution in [1.29, 1.82) is 0 Å². The molecular formula is C11H16N2O2. The molecule has 1 heterocycles. The molecule has 4 nitrogen and oxygen atoms in total. The highest BCUT2D eigenvalue weighted by Gasteiger charge is 2.05. The lowest BCUT2D eigenvalue weighted by atomic mass is 10.3. The molecule has 15 heavy (non-hydrogen) atoms. The minimum absolute atomic E-state index is 0.0820. The summed E-state index contributed by atoms with van der Waals surface area (Å²) < 4.78 is 1.41. The lowest BCUT2D eigenvalue weighted by Crippen LogP contribution is -2.36. The summed E-state index contributed by atoms with van der Waals surface area (Å²) in [4.78, 5) is 23.0. The first-order valence-electron chi connectivity index (χ1n) is 4.96. The van der Waals surface area contributed by atoms with Gasteiger partial charge in [-0.2, -0.15) is 0 Å². The largest absolute Gasteiger partial charge is 0.352 e. The normalized spacial score (nSPS) is 10.4. The van der Waals surface area contributed by atoms with Crippen molar-refractivity contribution in [3.8, 4) is 0 Å². The molecule has 0 unspecified atom stereocenters. The van der Waals surface area contributed by atoms with Crippen LogP contribution in [0.4, 0.5) is 0 Å². The molecule has 1 rings (SSSR count). The standard InChI is InChI=1S/C11H16N2O2/c1-8(2)12-10(14)7-13-6-4-5-9(3)11(13)15/h4-6,8H,7H2,1-3H3,(H,12,14).